The quantitative estimate of drug-likeness (QED) is 0.544. The van der Waals surface area contributed by atoms with E-state index in [1.165, 1.54) is 11.3 Å². The number of rotatable bonds is 4. The lowest BCUT2D eigenvalue weighted by molar-refractivity contribution is -0.384. The summed E-state index contributed by atoms with van der Waals surface area (Å²) in [5, 5.41) is 13.5. The molecule has 2 fully saturated rings. The van der Waals surface area contributed by atoms with E-state index in [1.807, 2.05) is 28.2 Å². The van der Waals surface area contributed by atoms with Crippen LogP contribution in [-0.4, -0.2) is 67.7 Å². The second kappa shape index (κ2) is 8.57. The molecule has 0 bridgehead atoms. The summed E-state index contributed by atoms with van der Waals surface area (Å²) in [4.78, 5) is 30.0. The Morgan fingerprint density at radius 1 is 1.20 bits per heavy atom. The van der Waals surface area contributed by atoms with Gasteiger partial charge in [-0.2, -0.15) is 0 Å². The van der Waals surface area contributed by atoms with Gasteiger partial charge in [0.05, 0.1) is 34.8 Å². The molecule has 3 heterocycles. The van der Waals surface area contributed by atoms with Crippen LogP contribution >= 0.6 is 11.3 Å². The van der Waals surface area contributed by atoms with Gasteiger partial charge in [0.2, 0.25) is 0 Å². The van der Waals surface area contributed by atoms with E-state index in [4.69, 9.17) is 4.74 Å². The number of piperazine rings is 1. The van der Waals surface area contributed by atoms with Gasteiger partial charge >= 0.3 is 0 Å². The first-order chi connectivity index (χ1) is 14.5. The Hall–Kier alpha value is -2.72. The first-order valence-electron chi connectivity index (χ1n) is 9.85. The van der Waals surface area contributed by atoms with Gasteiger partial charge in [0.15, 0.2) is 5.82 Å². The number of nitrogens with zero attached hydrogens (tertiary/aromatic N) is 4. The second-order valence-electron chi connectivity index (χ2n) is 7.42. The van der Waals surface area contributed by atoms with Gasteiger partial charge in [-0.15, -0.1) is 11.3 Å². The van der Waals surface area contributed by atoms with Crippen LogP contribution in [0, 0.1) is 15.9 Å². The second-order valence-corrected chi connectivity index (χ2v) is 8.37. The van der Waals surface area contributed by atoms with Crippen LogP contribution in [-0.2, 0) is 4.74 Å². The van der Waals surface area contributed by atoms with Gasteiger partial charge in [0.25, 0.3) is 11.6 Å². The number of hydrogen-bond donors (Lipinski definition) is 0. The molecule has 1 unspecified atom stereocenters. The predicted octanol–water partition coefficient (Wildman–Crippen LogP) is 2.98. The summed E-state index contributed by atoms with van der Waals surface area (Å²) >= 11 is 1.40. The van der Waals surface area contributed by atoms with Crippen molar-refractivity contribution in [1.82, 2.24) is 4.90 Å². The molecule has 30 heavy (non-hydrogen) atoms. The summed E-state index contributed by atoms with van der Waals surface area (Å²) < 4.78 is 20.0. The van der Waals surface area contributed by atoms with Gasteiger partial charge in [-0.1, -0.05) is 6.07 Å². The highest BCUT2D eigenvalue weighted by molar-refractivity contribution is 7.12. The molecule has 160 valence electrons. The molecule has 1 aromatic carbocycles. The third kappa shape index (κ3) is 3.97. The number of thiophene rings is 1. The van der Waals surface area contributed by atoms with Crippen LogP contribution in [0.5, 0.6) is 0 Å². The molecular weight excluding hydrogens is 411 g/mol. The highest BCUT2D eigenvalue weighted by Crippen LogP contribution is 2.36. The van der Waals surface area contributed by atoms with Gasteiger partial charge < -0.3 is 19.4 Å². The van der Waals surface area contributed by atoms with Gasteiger partial charge in [-0.3, -0.25) is 14.9 Å². The van der Waals surface area contributed by atoms with Crippen molar-refractivity contribution >= 4 is 34.3 Å². The van der Waals surface area contributed by atoms with E-state index in [-0.39, 0.29) is 17.6 Å². The van der Waals surface area contributed by atoms with Crippen molar-refractivity contribution in [2.45, 2.75) is 13.0 Å². The summed E-state index contributed by atoms with van der Waals surface area (Å²) in [6, 6.07) is 6.08. The van der Waals surface area contributed by atoms with Crippen molar-refractivity contribution in [1.29, 1.82) is 0 Å². The fourth-order valence-electron chi connectivity index (χ4n) is 4.01. The first kappa shape index (κ1) is 20.5. The molecular formula is C20H23FN4O4S. The van der Waals surface area contributed by atoms with E-state index in [0.29, 0.717) is 62.2 Å². The van der Waals surface area contributed by atoms with Gasteiger partial charge in [0.1, 0.15) is 5.69 Å². The van der Waals surface area contributed by atoms with Crippen LogP contribution in [0.4, 0.5) is 21.5 Å². The minimum atomic E-state index is -0.605. The number of amides is 1. The normalized spacial score (nSPS) is 19.8. The highest BCUT2D eigenvalue weighted by atomic mass is 32.1. The zero-order chi connectivity index (χ0) is 21.3. The zero-order valence-corrected chi connectivity index (χ0v) is 17.4. The highest BCUT2D eigenvalue weighted by Gasteiger charge is 2.32. The molecule has 0 radical (unpaired) electrons. The molecule has 2 aliphatic rings. The lowest BCUT2D eigenvalue weighted by Crippen LogP contribution is -2.54. The van der Waals surface area contributed by atoms with Crippen LogP contribution in [0.2, 0.25) is 0 Å². The van der Waals surface area contributed by atoms with Crippen LogP contribution in [0.25, 0.3) is 0 Å². The molecule has 8 nitrogen and oxygen atoms in total. The average molecular weight is 434 g/mol. The molecule has 10 heteroatoms. The average Bonchev–Trinajstić information content (AvgIpc) is 3.28. The Kier molecular flexibility index (Phi) is 5.87. The van der Waals surface area contributed by atoms with Crippen molar-refractivity contribution in [3.8, 4) is 0 Å². The van der Waals surface area contributed by atoms with E-state index in [2.05, 4.69) is 0 Å². The number of benzene rings is 1. The molecule has 0 spiro atoms. The van der Waals surface area contributed by atoms with Crippen molar-refractivity contribution in [2.75, 3.05) is 55.7 Å². The number of nitro benzene ring substituents is 1. The maximum Gasteiger partial charge on any atom is 0.295 e. The zero-order valence-electron chi connectivity index (χ0n) is 16.6. The molecule has 2 aromatic rings. The van der Waals surface area contributed by atoms with E-state index < -0.39 is 10.7 Å². The van der Waals surface area contributed by atoms with Gasteiger partial charge in [-0.05, 0) is 24.4 Å². The molecule has 0 N–H and O–H groups in total. The topological polar surface area (TPSA) is 79.2 Å². The molecule has 0 aliphatic carbocycles. The van der Waals surface area contributed by atoms with Crippen LogP contribution in [0.3, 0.4) is 0 Å². The Bertz CT molecular complexity index is 933. The summed E-state index contributed by atoms with van der Waals surface area (Å²) in [6.45, 7) is 5.30. The number of anilines is 2. The number of carbonyl (C=O) groups is 1. The minimum absolute atomic E-state index is 0.0280. The van der Waals surface area contributed by atoms with E-state index in [1.54, 1.807) is 17.0 Å². The fraction of sp³-hybridized carbons (Fsp3) is 0.450. The van der Waals surface area contributed by atoms with E-state index in [9.17, 15) is 19.3 Å². The molecule has 2 aliphatic heterocycles. The standard InChI is InChI=1S/C20H23FN4O4S/c1-14-13-23(4-5-24(14)20(26)19-3-2-10-30-19)17-12-16(22-6-8-29-9-7-22)15(21)11-18(17)25(27)28/h2-3,10-12,14H,4-9,13H2,1H3. The van der Waals surface area contributed by atoms with E-state index in [0.717, 1.165) is 6.07 Å². The van der Waals surface area contributed by atoms with Crippen molar-refractivity contribution in [2.24, 2.45) is 0 Å². The Morgan fingerprint density at radius 2 is 1.97 bits per heavy atom. The summed E-state index contributed by atoms with van der Waals surface area (Å²) in [5.74, 6) is -0.633. The third-order valence-corrected chi connectivity index (χ3v) is 6.41. The number of halogens is 1. The summed E-state index contributed by atoms with van der Waals surface area (Å²) in [7, 11) is 0. The number of morpholine rings is 1. The molecule has 1 atom stereocenters. The number of hydrogen-bond acceptors (Lipinski definition) is 7. The lowest BCUT2D eigenvalue weighted by Gasteiger charge is -2.41. The summed E-state index contributed by atoms with van der Waals surface area (Å²) in [6.07, 6.45) is 0. The monoisotopic (exact) mass is 434 g/mol. The molecule has 4 rings (SSSR count). The smallest absolute Gasteiger partial charge is 0.295 e. The fourth-order valence-corrected chi connectivity index (χ4v) is 4.69. The van der Waals surface area contributed by atoms with E-state index >= 15 is 0 Å². The molecule has 1 amide bonds. The minimum Gasteiger partial charge on any atom is -0.378 e. The van der Waals surface area contributed by atoms with Crippen LogP contribution in [0.1, 0.15) is 16.6 Å². The molecule has 0 saturated carbocycles. The first-order valence-corrected chi connectivity index (χ1v) is 10.7. The molecule has 1 aromatic heterocycles. The van der Waals surface area contributed by atoms with Crippen molar-refractivity contribution < 1.29 is 18.8 Å². The number of carbonyl (C=O) groups excluding carboxylic acids is 1. The maximum absolute atomic E-state index is 14.7. The molecule has 2 saturated heterocycles. The van der Waals surface area contributed by atoms with Crippen LogP contribution in [0.15, 0.2) is 29.6 Å². The third-order valence-electron chi connectivity index (χ3n) is 5.55. The van der Waals surface area contributed by atoms with Crippen LogP contribution < -0.4 is 9.80 Å². The SMILES string of the molecule is CC1CN(c2cc(N3CCOCC3)c(F)cc2[N+](=O)[O-])CCN1C(=O)c1cccs1. The van der Waals surface area contributed by atoms with Gasteiger partial charge in [0, 0.05) is 38.8 Å². The van der Waals surface area contributed by atoms with Crippen molar-refractivity contribution in [3.63, 3.8) is 0 Å². The Labute approximate surface area is 177 Å². The number of nitro groups is 1. The lowest BCUT2D eigenvalue weighted by atomic mass is 10.1. The summed E-state index contributed by atoms with van der Waals surface area (Å²) in [5.41, 5.74) is 0.483. The maximum atomic E-state index is 14.7. The largest absolute Gasteiger partial charge is 0.378 e. The number of ether oxygens (including phenoxy) is 1. The van der Waals surface area contributed by atoms with Crippen molar-refractivity contribution in [3.05, 3.63) is 50.5 Å². The predicted molar refractivity (Wildman–Crippen MR) is 113 cm³/mol. The Balaban J connectivity index is 1.60. The van der Waals surface area contributed by atoms with Gasteiger partial charge in [-0.25, -0.2) is 4.39 Å². The Morgan fingerprint density at radius 3 is 2.60 bits per heavy atom.